The number of hydrogen-bond donors (Lipinski definition) is 2. The van der Waals surface area contributed by atoms with Crippen molar-refractivity contribution in [3.05, 3.63) is 0 Å². The standard InChI is InChI=1S/C11H20N2O2/c12-5-8-3-1-2-4-10(8)11(14)13-9-6-15-7-9/h8-10H,1-7,12H2,(H,13,14). The predicted molar refractivity (Wildman–Crippen MR) is 57.3 cm³/mol. The summed E-state index contributed by atoms with van der Waals surface area (Å²) in [5.74, 6) is 0.725. The van der Waals surface area contributed by atoms with Gasteiger partial charge >= 0.3 is 0 Å². The first-order chi connectivity index (χ1) is 7.31. The fourth-order valence-electron chi connectivity index (χ4n) is 2.46. The maximum absolute atomic E-state index is 11.9. The van der Waals surface area contributed by atoms with Gasteiger partial charge in [0.05, 0.1) is 19.3 Å². The number of amides is 1. The molecule has 0 aromatic carbocycles. The van der Waals surface area contributed by atoms with E-state index in [4.69, 9.17) is 10.5 Å². The zero-order valence-corrected chi connectivity index (χ0v) is 9.08. The van der Waals surface area contributed by atoms with E-state index in [9.17, 15) is 4.79 Å². The molecule has 0 radical (unpaired) electrons. The van der Waals surface area contributed by atoms with Crippen molar-refractivity contribution in [2.24, 2.45) is 17.6 Å². The molecule has 1 heterocycles. The fraction of sp³-hybridized carbons (Fsp3) is 0.909. The van der Waals surface area contributed by atoms with E-state index in [2.05, 4.69) is 5.32 Å². The van der Waals surface area contributed by atoms with E-state index in [1.54, 1.807) is 0 Å². The lowest BCUT2D eigenvalue weighted by atomic mass is 9.78. The quantitative estimate of drug-likeness (QED) is 0.705. The SMILES string of the molecule is NCC1CCCCC1C(=O)NC1COC1. The van der Waals surface area contributed by atoms with Crippen molar-refractivity contribution in [3.8, 4) is 0 Å². The van der Waals surface area contributed by atoms with Gasteiger partial charge in [-0.25, -0.2) is 0 Å². The third-order valence-corrected chi connectivity index (χ3v) is 3.53. The second-order valence-electron chi connectivity index (χ2n) is 4.63. The first-order valence-electron chi connectivity index (χ1n) is 5.89. The van der Waals surface area contributed by atoms with E-state index in [-0.39, 0.29) is 17.9 Å². The third kappa shape index (κ3) is 2.49. The monoisotopic (exact) mass is 212 g/mol. The van der Waals surface area contributed by atoms with Crippen molar-refractivity contribution in [3.63, 3.8) is 0 Å². The van der Waals surface area contributed by atoms with Crippen molar-refractivity contribution in [2.45, 2.75) is 31.7 Å². The average Bonchev–Trinajstić information content (AvgIpc) is 2.23. The number of carbonyl (C=O) groups is 1. The largest absolute Gasteiger partial charge is 0.377 e. The van der Waals surface area contributed by atoms with Crippen LogP contribution in [0, 0.1) is 11.8 Å². The fourth-order valence-corrected chi connectivity index (χ4v) is 2.46. The minimum Gasteiger partial charge on any atom is -0.377 e. The smallest absolute Gasteiger partial charge is 0.223 e. The number of rotatable bonds is 3. The molecule has 0 aromatic rings. The summed E-state index contributed by atoms with van der Waals surface area (Å²) in [5, 5.41) is 3.03. The molecule has 1 saturated carbocycles. The van der Waals surface area contributed by atoms with Gasteiger partial charge in [0.15, 0.2) is 0 Å². The number of carbonyl (C=O) groups excluding carboxylic acids is 1. The van der Waals surface area contributed by atoms with Gasteiger partial charge in [-0.3, -0.25) is 4.79 Å². The summed E-state index contributed by atoms with van der Waals surface area (Å²) < 4.78 is 5.04. The zero-order valence-electron chi connectivity index (χ0n) is 9.08. The van der Waals surface area contributed by atoms with Crippen molar-refractivity contribution in [1.29, 1.82) is 0 Å². The highest BCUT2D eigenvalue weighted by Crippen LogP contribution is 2.29. The molecular weight excluding hydrogens is 192 g/mol. The lowest BCUT2D eigenvalue weighted by molar-refractivity contribution is -0.131. The normalized spacial score (nSPS) is 32.1. The molecular formula is C11H20N2O2. The lowest BCUT2D eigenvalue weighted by Crippen LogP contribution is -2.52. The van der Waals surface area contributed by atoms with E-state index in [1.165, 1.54) is 6.42 Å². The van der Waals surface area contributed by atoms with Crippen LogP contribution < -0.4 is 11.1 Å². The van der Waals surface area contributed by atoms with E-state index >= 15 is 0 Å². The molecule has 2 unspecified atom stereocenters. The Morgan fingerprint density at radius 3 is 2.67 bits per heavy atom. The van der Waals surface area contributed by atoms with Crippen LogP contribution in [0.3, 0.4) is 0 Å². The molecule has 1 aliphatic heterocycles. The summed E-state index contributed by atoms with van der Waals surface area (Å²) in [7, 11) is 0. The van der Waals surface area contributed by atoms with Crippen LogP contribution in [0.5, 0.6) is 0 Å². The molecule has 0 aromatic heterocycles. The van der Waals surface area contributed by atoms with E-state index in [0.29, 0.717) is 25.7 Å². The van der Waals surface area contributed by atoms with Gasteiger partial charge in [0.25, 0.3) is 0 Å². The molecule has 4 nitrogen and oxygen atoms in total. The molecule has 2 atom stereocenters. The van der Waals surface area contributed by atoms with Crippen LogP contribution in [0.15, 0.2) is 0 Å². The number of ether oxygens (including phenoxy) is 1. The first kappa shape index (κ1) is 10.9. The van der Waals surface area contributed by atoms with Gasteiger partial charge in [-0.05, 0) is 25.3 Å². The summed E-state index contributed by atoms with van der Waals surface area (Å²) in [6.45, 7) is 1.98. The molecule has 0 bridgehead atoms. The predicted octanol–water partition coefficient (Wildman–Crippen LogP) is 0.267. The maximum atomic E-state index is 11.9. The zero-order chi connectivity index (χ0) is 10.7. The van der Waals surface area contributed by atoms with E-state index in [1.807, 2.05) is 0 Å². The molecule has 86 valence electrons. The lowest BCUT2D eigenvalue weighted by Gasteiger charge is -2.33. The molecule has 2 aliphatic rings. The minimum atomic E-state index is 0.143. The highest BCUT2D eigenvalue weighted by Gasteiger charge is 2.32. The van der Waals surface area contributed by atoms with Crippen molar-refractivity contribution >= 4 is 5.91 Å². The van der Waals surface area contributed by atoms with Crippen molar-refractivity contribution in [2.75, 3.05) is 19.8 Å². The second-order valence-corrected chi connectivity index (χ2v) is 4.63. The van der Waals surface area contributed by atoms with Gasteiger partial charge in [-0.15, -0.1) is 0 Å². The Labute approximate surface area is 90.5 Å². The molecule has 1 aliphatic carbocycles. The molecule has 0 spiro atoms. The molecule has 15 heavy (non-hydrogen) atoms. The summed E-state index contributed by atoms with van der Waals surface area (Å²) in [4.78, 5) is 11.9. The van der Waals surface area contributed by atoms with Gasteiger partial charge in [0.1, 0.15) is 0 Å². The van der Waals surface area contributed by atoms with Crippen LogP contribution in [-0.4, -0.2) is 31.7 Å². The van der Waals surface area contributed by atoms with Crippen molar-refractivity contribution < 1.29 is 9.53 Å². The van der Waals surface area contributed by atoms with E-state index < -0.39 is 0 Å². The Morgan fingerprint density at radius 1 is 1.33 bits per heavy atom. The first-order valence-corrected chi connectivity index (χ1v) is 5.89. The third-order valence-electron chi connectivity index (χ3n) is 3.53. The Bertz CT molecular complexity index is 229. The number of nitrogens with two attached hydrogens (primary N) is 1. The van der Waals surface area contributed by atoms with Gasteiger partial charge in [0.2, 0.25) is 5.91 Å². The summed E-state index contributed by atoms with van der Waals surface area (Å²) in [6.07, 6.45) is 4.49. The molecule has 1 amide bonds. The Morgan fingerprint density at radius 2 is 2.07 bits per heavy atom. The molecule has 3 N–H and O–H groups in total. The summed E-state index contributed by atoms with van der Waals surface area (Å²) in [6, 6.07) is 0.248. The molecule has 1 saturated heterocycles. The maximum Gasteiger partial charge on any atom is 0.223 e. The Kier molecular flexibility index (Phi) is 3.59. The van der Waals surface area contributed by atoms with Crippen LogP contribution >= 0.6 is 0 Å². The van der Waals surface area contributed by atoms with Crippen LogP contribution in [0.25, 0.3) is 0 Å². The molecule has 2 fully saturated rings. The van der Waals surface area contributed by atoms with Crippen LogP contribution in [0.2, 0.25) is 0 Å². The highest BCUT2D eigenvalue weighted by atomic mass is 16.5. The van der Waals surface area contributed by atoms with Crippen LogP contribution in [0.1, 0.15) is 25.7 Å². The van der Waals surface area contributed by atoms with Gasteiger partial charge in [-0.1, -0.05) is 12.8 Å². The van der Waals surface area contributed by atoms with Gasteiger partial charge < -0.3 is 15.8 Å². The summed E-state index contributed by atoms with van der Waals surface area (Å²) >= 11 is 0. The minimum absolute atomic E-state index is 0.143. The summed E-state index contributed by atoms with van der Waals surface area (Å²) in [5.41, 5.74) is 5.70. The molecule has 2 rings (SSSR count). The van der Waals surface area contributed by atoms with Crippen LogP contribution in [-0.2, 0) is 9.53 Å². The van der Waals surface area contributed by atoms with Gasteiger partial charge in [-0.2, -0.15) is 0 Å². The van der Waals surface area contributed by atoms with E-state index in [0.717, 1.165) is 19.3 Å². The Hall–Kier alpha value is -0.610. The average molecular weight is 212 g/mol. The van der Waals surface area contributed by atoms with Gasteiger partial charge in [0, 0.05) is 5.92 Å². The Balaban J connectivity index is 1.85. The highest BCUT2D eigenvalue weighted by molar-refractivity contribution is 5.79. The van der Waals surface area contributed by atoms with Crippen LogP contribution in [0.4, 0.5) is 0 Å². The van der Waals surface area contributed by atoms with Crippen molar-refractivity contribution in [1.82, 2.24) is 5.32 Å². The number of nitrogens with one attached hydrogen (secondary N) is 1. The number of hydrogen-bond acceptors (Lipinski definition) is 3. The topological polar surface area (TPSA) is 64.4 Å². The molecule has 4 heteroatoms. The second kappa shape index (κ2) is 4.94.